The topological polar surface area (TPSA) is 59.1 Å². The standard InChI is InChI=1S/C16H26N2O4S/c1-17(2)10-11-18(14-8-12-22-13-9-14)23(19,20)16-7-5-4-6-15(16)21-3/h4-7,14H,8-13H2,1-3H3. The second-order valence-corrected chi connectivity index (χ2v) is 7.77. The van der Waals surface area contributed by atoms with Crippen molar-refractivity contribution >= 4 is 10.0 Å². The third kappa shape index (κ3) is 4.44. The average Bonchev–Trinajstić information content (AvgIpc) is 2.55. The zero-order valence-corrected chi connectivity index (χ0v) is 14.9. The molecular formula is C16H26N2O4S. The largest absolute Gasteiger partial charge is 0.495 e. The van der Waals surface area contributed by atoms with Crippen LogP contribution < -0.4 is 4.74 Å². The minimum Gasteiger partial charge on any atom is -0.495 e. The summed E-state index contributed by atoms with van der Waals surface area (Å²) in [7, 11) is 1.76. The number of sulfonamides is 1. The molecule has 1 aromatic rings. The second kappa shape index (κ2) is 8.10. The van der Waals surface area contributed by atoms with E-state index >= 15 is 0 Å². The van der Waals surface area contributed by atoms with Crippen molar-refractivity contribution in [1.29, 1.82) is 0 Å². The van der Waals surface area contributed by atoms with E-state index in [1.54, 1.807) is 28.6 Å². The molecule has 1 saturated heterocycles. The monoisotopic (exact) mass is 342 g/mol. The summed E-state index contributed by atoms with van der Waals surface area (Å²) in [6.07, 6.45) is 1.45. The van der Waals surface area contributed by atoms with Crippen molar-refractivity contribution in [3.63, 3.8) is 0 Å². The minimum absolute atomic E-state index is 0.0291. The predicted octanol–water partition coefficient (Wildman–Crippen LogP) is 1.43. The van der Waals surface area contributed by atoms with Crippen molar-refractivity contribution in [2.45, 2.75) is 23.8 Å². The maximum Gasteiger partial charge on any atom is 0.247 e. The molecule has 0 spiro atoms. The Morgan fingerprint density at radius 3 is 2.43 bits per heavy atom. The molecule has 0 saturated carbocycles. The molecule has 0 aliphatic carbocycles. The molecule has 0 atom stereocenters. The summed E-state index contributed by atoms with van der Waals surface area (Å²) in [5.74, 6) is 0.384. The van der Waals surface area contributed by atoms with Gasteiger partial charge in [0.05, 0.1) is 7.11 Å². The third-order valence-electron chi connectivity index (χ3n) is 4.02. The third-order valence-corrected chi connectivity index (χ3v) is 6.01. The molecule has 23 heavy (non-hydrogen) atoms. The van der Waals surface area contributed by atoms with Crippen LogP contribution in [0.2, 0.25) is 0 Å². The molecule has 1 aliphatic heterocycles. The van der Waals surface area contributed by atoms with Crippen molar-refractivity contribution < 1.29 is 17.9 Å². The van der Waals surface area contributed by atoms with Gasteiger partial charge < -0.3 is 14.4 Å². The molecule has 0 bridgehead atoms. The smallest absolute Gasteiger partial charge is 0.247 e. The molecule has 1 fully saturated rings. The van der Waals surface area contributed by atoms with E-state index in [4.69, 9.17) is 9.47 Å². The van der Waals surface area contributed by atoms with Gasteiger partial charge in [0.15, 0.2) is 0 Å². The number of hydrogen-bond acceptors (Lipinski definition) is 5. The van der Waals surface area contributed by atoms with Crippen LogP contribution in [-0.2, 0) is 14.8 Å². The number of para-hydroxylation sites is 1. The van der Waals surface area contributed by atoms with Crippen LogP contribution in [-0.4, -0.2) is 71.2 Å². The molecule has 1 aromatic carbocycles. The zero-order chi connectivity index (χ0) is 16.9. The summed E-state index contributed by atoms with van der Waals surface area (Å²) in [5, 5.41) is 0. The van der Waals surface area contributed by atoms with Gasteiger partial charge in [-0.05, 0) is 39.1 Å². The lowest BCUT2D eigenvalue weighted by atomic mass is 10.1. The molecule has 2 rings (SSSR count). The first kappa shape index (κ1) is 18.2. The van der Waals surface area contributed by atoms with Gasteiger partial charge in [-0.3, -0.25) is 0 Å². The normalized spacial score (nSPS) is 16.9. The first-order chi connectivity index (χ1) is 11.0. The Kier molecular flexibility index (Phi) is 6.41. The molecular weight excluding hydrogens is 316 g/mol. The number of hydrogen-bond donors (Lipinski definition) is 0. The van der Waals surface area contributed by atoms with Gasteiger partial charge in [-0.25, -0.2) is 8.42 Å². The minimum atomic E-state index is -3.61. The van der Waals surface area contributed by atoms with Crippen LogP contribution in [0.15, 0.2) is 29.2 Å². The van der Waals surface area contributed by atoms with E-state index in [0.29, 0.717) is 32.1 Å². The molecule has 0 unspecified atom stereocenters. The molecule has 0 aromatic heterocycles. The number of benzene rings is 1. The Morgan fingerprint density at radius 2 is 1.83 bits per heavy atom. The Labute approximate surface area is 139 Å². The highest BCUT2D eigenvalue weighted by atomic mass is 32.2. The SMILES string of the molecule is COc1ccccc1S(=O)(=O)N(CCN(C)C)C1CCOCC1. The van der Waals surface area contributed by atoms with Gasteiger partial charge >= 0.3 is 0 Å². The predicted molar refractivity (Wildman–Crippen MR) is 89.3 cm³/mol. The van der Waals surface area contributed by atoms with Crippen LogP contribution >= 0.6 is 0 Å². The quantitative estimate of drug-likeness (QED) is 0.750. The van der Waals surface area contributed by atoms with Crippen LogP contribution in [0, 0.1) is 0 Å². The fourth-order valence-corrected chi connectivity index (χ4v) is 4.56. The van der Waals surface area contributed by atoms with Gasteiger partial charge in [-0.2, -0.15) is 4.31 Å². The molecule has 6 nitrogen and oxygen atoms in total. The van der Waals surface area contributed by atoms with Gasteiger partial charge in [-0.1, -0.05) is 12.1 Å². The van der Waals surface area contributed by atoms with Gasteiger partial charge in [0.1, 0.15) is 10.6 Å². The first-order valence-corrected chi connectivity index (χ1v) is 9.28. The van der Waals surface area contributed by atoms with E-state index in [1.807, 2.05) is 19.0 Å². The van der Waals surface area contributed by atoms with Crippen molar-refractivity contribution in [1.82, 2.24) is 9.21 Å². The Bertz CT molecular complexity index is 598. The number of rotatable bonds is 7. The van der Waals surface area contributed by atoms with Crippen LogP contribution in [0.5, 0.6) is 5.75 Å². The summed E-state index contributed by atoms with van der Waals surface area (Å²) < 4.78 is 38.7. The van der Waals surface area contributed by atoms with E-state index in [9.17, 15) is 8.42 Å². The fraction of sp³-hybridized carbons (Fsp3) is 0.625. The molecule has 0 amide bonds. The Balaban J connectivity index is 2.34. The summed E-state index contributed by atoms with van der Waals surface area (Å²) >= 11 is 0. The fourth-order valence-electron chi connectivity index (χ4n) is 2.73. The number of methoxy groups -OCH3 is 1. The molecule has 7 heteroatoms. The van der Waals surface area contributed by atoms with E-state index < -0.39 is 10.0 Å². The van der Waals surface area contributed by atoms with E-state index in [-0.39, 0.29) is 10.9 Å². The van der Waals surface area contributed by atoms with Crippen LogP contribution in [0.25, 0.3) is 0 Å². The second-order valence-electron chi connectivity index (χ2n) is 5.91. The average molecular weight is 342 g/mol. The summed E-state index contributed by atoms with van der Waals surface area (Å²) in [4.78, 5) is 2.22. The molecule has 130 valence electrons. The summed E-state index contributed by atoms with van der Waals surface area (Å²) in [6.45, 7) is 2.33. The lowest BCUT2D eigenvalue weighted by Gasteiger charge is -2.34. The highest BCUT2D eigenvalue weighted by Gasteiger charge is 2.34. The maximum absolute atomic E-state index is 13.2. The van der Waals surface area contributed by atoms with E-state index in [1.165, 1.54) is 7.11 Å². The van der Waals surface area contributed by atoms with Gasteiger partial charge in [0.25, 0.3) is 0 Å². The molecule has 0 radical (unpaired) electrons. The highest BCUT2D eigenvalue weighted by molar-refractivity contribution is 7.89. The summed E-state index contributed by atoms with van der Waals surface area (Å²) in [6, 6.07) is 6.76. The molecule has 1 aliphatic rings. The van der Waals surface area contributed by atoms with Gasteiger partial charge in [0, 0.05) is 32.3 Å². The maximum atomic E-state index is 13.2. The lowest BCUT2D eigenvalue weighted by Crippen LogP contribution is -2.46. The van der Waals surface area contributed by atoms with Crippen LogP contribution in [0.3, 0.4) is 0 Å². The first-order valence-electron chi connectivity index (χ1n) is 7.84. The summed E-state index contributed by atoms with van der Waals surface area (Å²) in [5.41, 5.74) is 0. The number of likely N-dealkylation sites (N-methyl/N-ethyl adjacent to an activating group) is 1. The van der Waals surface area contributed by atoms with Crippen LogP contribution in [0.1, 0.15) is 12.8 Å². The van der Waals surface area contributed by atoms with Crippen LogP contribution in [0.4, 0.5) is 0 Å². The van der Waals surface area contributed by atoms with E-state index in [2.05, 4.69) is 0 Å². The van der Waals surface area contributed by atoms with E-state index in [0.717, 1.165) is 12.8 Å². The van der Waals surface area contributed by atoms with Crippen molar-refractivity contribution in [3.05, 3.63) is 24.3 Å². The van der Waals surface area contributed by atoms with Gasteiger partial charge in [0.2, 0.25) is 10.0 Å². The Hall–Kier alpha value is -1.15. The molecule has 0 N–H and O–H groups in total. The molecule has 1 heterocycles. The van der Waals surface area contributed by atoms with Crippen molar-refractivity contribution in [2.24, 2.45) is 0 Å². The zero-order valence-electron chi connectivity index (χ0n) is 14.1. The van der Waals surface area contributed by atoms with Crippen molar-refractivity contribution in [3.8, 4) is 5.75 Å². The van der Waals surface area contributed by atoms with Gasteiger partial charge in [-0.15, -0.1) is 0 Å². The lowest BCUT2D eigenvalue weighted by molar-refractivity contribution is 0.0572. The van der Waals surface area contributed by atoms with Crippen molar-refractivity contribution in [2.75, 3.05) is 47.5 Å². The Morgan fingerprint density at radius 1 is 1.17 bits per heavy atom. The number of ether oxygens (including phenoxy) is 2. The number of nitrogens with zero attached hydrogens (tertiary/aromatic N) is 2. The highest BCUT2D eigenvalue weighted by Crippen LogP contribution is 2.29.